The Bertz CT molecular complexity index is 1030. The summed E-state index contributed by atoms with van der Waals surface area (Å²) in [6.07, 6.45) is 1.71. The summed E-state index contributed by atoms with van der Waals surface area (Å²) in [6, 6.07) is 16.2. The molecule has 0 spiro atoms. The predicted octanol–water partition coefficient (Wildman–Crippen LogP) is 3.53. The molecule has 1 amide bonds. The molecule has 0 unspecified atom stereocenters. The quantitative estimate of drug-likeness (QED) is 0.766. The summed E-state index contributed by atoms with van der Waals surface area (Å²) < 4.78 is 27.3. The number of hydrogen-bond acceptors (Lipinski definition) is 4. The van der Waals surface area contributed by atoms with Gasteiger partial charge in [0.1, 0.15) is 6.07 Å². The van der Waals surface area contributed by atoms with Gasteiger partial charge in [-0.1, -0.05) is 48.9 Å². The Balaban J connectivity index is 1.64. The molecule has 0 radical (unpaired) electrons. The number of nitrogens with zero attached hydrogens (tertiary/aromatic N) is 2. The van der Waals surface area contributed by atoms with Crippen LogP contribution in [0.2, 0.25) is 0 Å². The van der Waals surface area contributed by atoms with E-state index < -0.39 is 10.0 Å². The maximum absolute atomic E-state index is 13.0. The van der Waals surface area contributed by atoms with Gasteiger partial charge in [-0.25, -0.2) is 8.42 Å². The molecular formula is C23H27N3O3S. The van der Waals surface area contributed by atoms with Crippen LogP contribution < -0.4 is 5.32 Å². The van der Waals surface area contributed by atoms with Crippen molar-refractivity contribution in [3.63, 3.8) is 0 Å². The lowest BCUT2D eigenvalue weighted by molar-refractivity contribution is -0.126. The summed E-state index contributed by atoms with van der Waals surface area (Å²) in [5.41, 5.74) is 2.39. The number of piperidine rings is 1. The highest BCUT2D eigenvalue weighted by Gasteiger charge is 2.33. The molecule has 1 saturated heterocycles. The molecule has 6 nitrogen and oxygen atoms in total. The first-order valence-electron chi connectivity index (χ1n) is 10.2. The van der Waals surface area contributed by atoms with Gasteiger partial charge in [-0.3, -0.25) is 4.79 Å². The van der Waals surface area contributed by atoms with E-state index >= 15 is 0 Å². The highest BCUT2D eigenvalue weighted by Crippen LogP contribution is 2.27. The molecule has 1 aliphatic rings. The summed E-state index contributed by atoms with van der Waals surface area (Å²) in [6.45, 7) is 4.59. The van der Waals surface area contributed by atoms with Crippen molar-refractivity contribution in [2.24, 2.45) is 5.92 Å². The molecule has 30 heavy (non-hydrogen) atoms. The van der Waals surface area contributed by atoms with E-state index in [4.69, 9.17) is 0 Å². The number of carbonyl (C=O) groups excluding carboxylic acids is 1. The zero-order chi connectivity index (χ0) is 21.7. The number of amides is 1. The second kappa shape index (κ2) is 9.41. The number of rotatable bonds is 6. The van der Waals surface area contributed by atoms with E-state index in [9.17, 15) is 18.5 Å². The molecule has 0 aliphatic carbocycles. The van der Waals surface area contributed by atoms with E-state index in [-0.39, 0.29) is 41.4 Å². The van der Waals surface area contributed by atoms with E-state index in [1.54, 1.807) is 12.1 Å². The fraction of sp³-hybridized carbons (Fsp3) is 0.391. The molecule has 0 bridgehead atoms. The fourth-order valence-electron chi connectivity index (χ4n) is 3.79. The van der Waals surface area contributed by atoms with Crippen LogP contribution in [-0.2, 0) is 14.8 Å². The number of hydrogen-bond donors (Lipinski definition) is 1. The van der Waals surface area contributed by atoms with Crippen molar-refractivity contribution in [3.8, 4) is 6.07 Å². The zero-order valence-corrected chi connectivity index (χ0v) is 18.2. The van der Waals surface area contributed by atoms with Crippen LogP contribution in [0.5, 0.6) is 0 Å². The van der Waals surface area contributed by atoms with Crippen LogP contribution in [0.4, 0.5) is 0 Å². The molecule has 7 heteroatoms. The van der Waals surface area contributed by atoms with Gasteiger partial charge in [-0.15, -0.1) is 0 Å². The Labute approximate surface area is 178 Å². The summed E-state index contributed by atoms with van der Waals surface area (Å²) >= 11 is 0. The summed E-state index contributed by atoms with van der Waals surface area (Å²) in [7, 11) is -3.75. The number of benzene rings is 2. The van der Waals surface area contributed by atoms with Gasteiger partial charge in [0.05, 0.1) is 16.5 Å². The van der Waals surface area contributed by atoms with Crippen molar-refractivity contribution in [2.75, 3.05) is 13.1 Å². The minimum absolute atomic E-state index is 0.0285. The summed E-state index contributed by atoms with van der Waals surface area (Å²) in [4.78, 5) is 12.8. The van der Waals surface area contributed by atoms with Crippen molar-refractivity contribution in [1.82, 2.24) is 9.62 Å². The molecule has 2 aromatic rings. The fourth-order valence-corrected chi connectivity index (χ4v) is 5.40. The van der Waals surface area contributed by atoms with Crippen LogP contribution >= 0.6 is 0 Å². The molecule has 3 rings (SSSR count). The summed E-state index contributed by atoms with van der Waals surface area (Å²) in [5, 5.41) is 12.4. The first-order valence-corrected chi connectivity index (χ1v) is 11.7. The van der Waals surface area contributed by atoms with Crippen LogP contribution in [0.3, 0.4) is 0 Å². The van der Waals surface area contributed by atoms with Crippen molar-refractivity contribution >= 4 is 15.9 Å². The van der Waals surface area contributed by atoms with E-state index in [1.165, 1.54) is 22.0 Å². The van der Waals surface area contributed by atoms with Crippen LogP contribution in [0.1, 0.15) is 48.9 Å². The zero-order valence-electron chi connectivity index (χ0n) is 17.3. The molecule has 0 aromatic heterocycles. The van der Waals surface area contributed by atoms with Crippen molar-refractivity contribution in [2.45, 2.75) is 44.0 Å². The Kier molecular flexibility index (Phi) is 6.91. The SMILES string of the molecule is CC[C@H](NC(=O)C1CCN(S(=O)(=O)c2ccccc2C#N)CC1)c1ccc(C)cc1. The van der Waals surface area contributed by atoms with E-state index in [1.807, 2.05) is 44.2 Å². The Morgan fingerprint density at radius 2 is 1.80 bits per heavy atom. The Morgan fingerprint density at radius 3 is 2.40 bits per heavy atom. The molecule has 0 saturated carbocycles. The van der Waals surface area contributed by atoms with Gasteiger partial charge < -0.3 is 5.32 Å². The lowest BCUT2D eigenvalue weighted by Gasteiger charge is -2.31. The normalized spacial score (nSPS) is 16.6. The van der Waals surface area contributed by atoms with Gasteiger partial charge in [0.15, 0.2) is 0 Å². The number of carbonyl (C=O) groups is 1. The van der Waals surface area contributed by atoms with Crippen LogP contribution in [0.25, 0.3) is 0 Å². The lowest BCUT2D eigenvalue weighted by Crippen LogP contribution is -2.43. The standard InChI is InChI=1S/C23H27N3O3S/c1-3-21(18-10-8-17(2)9-11-18)25-23(27)19-12-14-26(15-13-19)30(28,29)22-7-5-4-6-20(22)16-24/h4-11,19,21H,3,12-15H2,1-2H3,(H,25,27)/t21-/m0/s1. The largest absolute Gasteiger partial charge is 0.349 e. The third kappa shape index (κ3) is 4.72. The number of aryl methyl sites for hydroxylation is 1. The maximum Gasteiger partial charge on any atom is 0.244 e. The van der Waals surface area contributed by atoms with E-state index in [0.717, 1.165) is 12.0 Å². The Hall–Kier alpha value is -2.69. The number of nitrogens with one attached hydrogen (secondary N) is 1. The molecular weight excluding hydrogens is 398 g/mol. The van der Waals surface area contributed by atoms with Gasteiger partial charge >= 0.3 is 0 Å². The van der Waals surface area contributed by atoms with Crippen LogP contribution in [0.15, 0.2) is 53.4 Å². The second-order valence-electron chi connectivity index (χ2n) is 7.67. The van der Waals surface area contributed by atoms with Crippen LogP contribution in [-0.4, -0.2) is 31.7 Å². The van der Waals surface area contributed by atoms with Gasteiger partial charge in [-0.05, 0) is 43.9 Å². The van der Waals surface area contributed by atoms with Crippen molar-refractivity contribution in [1.29, 1.82) is 5.26 Å². The number of sulfonamides is 1. The molecule has 158 valence electrons. The van der Waals surface area contributed by atoms with Gasteiger partial charge in [0.25, 0.3) is 0 Å². The van der Waals surface area contributed by atoms with E-state index in [2.05, 4.69) is 5.32 Å². The van der Waals surface area contributed by atoms with Crippen LogP contribution in [0, 0.1) is 24.2 Å². The molecule has 1 N–H and O–H groups in total. The van der Waals surface area contributed by atoms with Gasteiger partial charge in [-0.2, -0.15) is 9.57 Å². The molecule has 1 fully saturated rings. The predicted molar refractivity (Wildman–Crippen MR) is 115 cm³/mol. The van der Waals surface area contributed by atoms with Crippen molar-refractivity contribution < 1.29 is 13.2 Å². The minimum Gasteiger partial charge on any atom is -0.349 e. The summed E-state index contributed by atoms with van der Waals surface area (Å²) in [5.74, 6) is -0.251. The monoisotopic (exact) mass is 425 g/mol. The molecule has 1 heterocycles. The molecule has 1 atom stereocenters. The average Bonchev–Trinajstić information content (AvgIpc) is 2.78. The molecule has 2 aromatic carbocycles. The lowest BCUT2D eigenvalue weighted by atomic mass is 9.95. The first kappa shape index (κ1) is 22.0. The minimum atomic E-state index is -3.75. The smallest absolute Gasteiger partial charge is 0.244 e. The highest BCUT2D eigenvalue weighted by molar-refractivity contribution is 7.89. The van der Waals surface area contributed by atoms with Crippen molar-refractivity contribution in [3.05, 3.63) is 65.2 Å². The second-order valence-corrected chi connectivity index (χ2v) is 9.57. The molecule has 1 aliphatic heterocycles. The first-order chi connectivity index (χ1) is 14.4. The maximum atomic E-state index is 13.0. The third-order valence-corrected chi connectivity index (χ3v) is 7.61. The van der Waals surface area contributed by atoms with E-state index in [0.29, 0.717) is 12.8 Å². The Morgan fingerprint density at radius 1 is 1.17 bits per heavy atom. The average molecular weight is 426 g/mol. The van der Waals surface area contributed by atoms with Gasteiger partial charge in [0.2, 0.25) is 15.9 Å². The third-order valence-electron chi connectivity index (χ3n) is 5.65. The highest BCUT2D eigenvalue weighted by atomic mass is 32.2. The topological polar surface area (TPSA) is 90.3 Å². The number of nitriles is 1. The van der Waals surface area contributed by atoms with Gasteiger partial charge in [0, 0.05) is 19.0 Å².